The Kier molecular flexibility index (Phi) is 3.67. The van der Waals surface area contributed by atoms with Crippen LogP contribution in [0.5, 0.6) is 0 Å². The van der Waals surface area contributed by atoms with E-state index in [2.05, 4.69) is 35.2 Å². The minimum absolute atomic E-state index is 0.415. The van der Waals surface area contributed by atoms with Crippen molar-refractivity contribution < 1.29 is 0 Å². The zero-order valence-electron chi connectivity index (χ0n) is 11.2. The lowest BCUT2D eigenvalue weighted by Crippen LogP contribution is -2.40. The van der Waals surface area contributed by atoms with E-state index >= 15 is 0 Å². The average Bonchev–Trinajstić information content (AvgIpc) is 2.31. The van der Waals surface area contributed by atoms with Gasteiger partial charge < -0.3 is 10.2 Å². The molecule has 1 N–H and O–H groups in total. The van der Waals surface area contributed by atoms with Gasteiger partial charge in [0.1, 0.15) is 5.82 Å². The van der Waals surface area contributed by atoms with Crippen LogP contribution in [0.4, 0.5) is 5.82 Å². The van der Waals surface area contributed by atoms with E-state index in [1.807, 2.05) is 19.1 Å². The highest BCUT2D eigenvalue weighted by molar-refractivity contribution is 5.35. The largest absolute Gasteiger partial charge is 0.370 e. The fraction of sp³-hybridized carbons (Fsp3) is 0.643. The van der Waals surface area contributed by atoms with Gasteiger partial charge in [0.15, 0.2) is 0 Å². The maximum atomic E-state index is 4.48. The molecule has 0 saturated carbocycles. The number of anilines is 1. The van der Waals surface area contributed by atoms with Crippen LogP contribution in [0.25, 0.3) is 0 Å². The molecule has 0 aromatic carbocycles. The van der Waals surface area contributed by atoms with Crippen molar-refractivity contribution in [1.29, 1.82) is 0 Å². The number of aromatic nitrogens is 1. The Morgan fingerprint density at radius 2 is 2.06 bits per heavy atom. The van der Waals surface area contributed by atoms with Crippen molar-refractivity contribution in [3.05, 3.63) is 23.9 Å². The summed E-state index contributed by atoms with van der Waals surface area (Å²) in [5.74, 6) is 1.00. The van der Waals surface area contributed by atoms with Crippen LogP contribution in [0.2, 0.25) is 0 Å². The fourth-order valence-corrected chi connectivity index (χ4v) is 2.28. The van der Waals surface area contributed by atoms with Crippen molar-refractivity contribution in [1.82, 2.24) is 9.88 Å². The van der Waals surface area contributed by atoms with Crippen LogP contribution in [0, 0.1) is 12.3 Å². The Morgan fingerprint density at radius 3 is 2.71 bits per heavy atom. The van der Waals surface area contributed by atoms with Crippen LogP contribution >= 0.6 is 0 Å². The third-order valence-electron chi connectivity index (χ3n) is 3.78. The van der Waals surface area contributed by atoms with E-state index in [-0.39, 0.29) is 0 Å². The third kappa shape index (κ3) is 3.43. The molecule has 0 radical (unpaired) electrons. The van der Waals surface area contributed by atoms with E-state index in [4.69, 9.17) is 0 Å². The highest BCUT2D eigenvalue weighted by atomic mass is 15.1. The molecule has 1 fully saturated rings. The highest BCUT2D eigenvalue weighted by Gasteiger charge is 2.28. The first kappa shape index (κ1) is 12.4. The van der Waals surface area contributed by atoms with E-state index in [0.29, 0.717) is 5.41 Å². The molecule has 0 bridgehead atoms. The van der Waals surface area contributed by atoms with Crippen molar-refractivity contribution in [3.8, 4) is 0 Å². The summed E-state index contributed by atoms with van der Waals surface area (Å²) < 4.78 is 0. The van der Waals surface area contributed by atoms with Gasteiger partial charge in [0.2, 0.25) is 0 Å². The number of hydrogen-bond donors (Lipinski definition) is 1. The topological polar surface area (TPSA) is 28.2 Å². The first-order valence-electron chi connectivity index (χ1n) is 6.44. The van der Waals surface area contributed by atoms with Crippen LogP contribution < -0.4 is 5.32 Å². The third-order valence-corrected chi connectivity index (χ3v) is 3.78. The molecule has 1 aromatic heterocycles. The van der Waals surface area contributed by atoms with Crippen LogP contribution in [-0.4, -0.2) is 36.6 Å². The summed E-state index contributed by atoms with van der Waals surface area (Å²) in [5, 5.41) is 3.48. The number of hydrogen-bond acceptors (Lipinski definition) is 3. The molecule has 1 aliphatic heterocycles. The standard InChI is InChI=1S/C14H23N3/c1-12-5-4-6-13(16-12)15-11-14(2)7-9-17(3)10-8-14/h4-6H,7-11H2,1-3H3,(H,15,16). The Balaban J connectivity index is 1.89. The van der Waals surface area contributed by atoms with E-state index in [0.717, 1.165) is 18.1 Å². The van der Waals surface area contributed by atoms with Gasteiger partial charge in [0.25, 0.3) is 0 Å². The molecule has 3 heteroatoms. The summed E-state index contributed by atoms with van der Waals surface area (Å²) >= 11 is 0. The van der Waals surface area contributed by atoms with Crippen molar-refractivity contribution in [3.63, 3.8) is 0 Å². The molecular weight excluding hydrogens is 210 g/mol. The first-order valence-corrected chi connectivity index (χ1v) is 6.44. The summed E-state index contributed by atoms with van der Waals surface area (Å²) in [6.07, 6.45) is 2.53. The quantitative estimate of drug-likeness (QED) is 0.869. The molecule has 0 spiro atoms. The van der Waals surface area contributed by atoms with Crippen LogP contribution in [-0.2, 0) is 0 Å². The van der Waals surface area contributed by atoms with Gasteiger partial charge in [-0.25, -0.2) is 4.98 Å². The van der Waals surface area contributed by atoms with Gasteiger partial charge in [-0.2, -0.15) is 0 Å². The molecule has 3 nitrogen and oxygen atoms in total. The monoisotopic (exact) mass is 233 g/mol. The Morgan fingerprint density at radius 1 is 1.35 bits per heavy atom. The SMILES string of the molecule is Cc1cccc(NCC2(C)CCN(C)CC2)n1. The number of nitrogens with one attached hydrogen (secondary N) is 1. The smallest absolute Gasteiger partial charge is 0.126 e. The fourth-order valence-electron chi connectivity index (χ4n) is 2.28. The Hall–Kier alpha value is -1.09. The summed E-state index contributed by atoms with van der Waals surface area (Å²) in [5.41, 5.74) is 1.49. The van der Waals surface area contributed by atoms with E-state index in [1.54, 1.807) is 0 Å². The first-order chi connectivity index (χ1) is 8.07. The van der Waals surface area contributed by atoms with Gasteiger partial charge in [-0.15, -0.1) is 0 Å². The second-order valence-corrected chi connectivity index (χ2v) is 5.63. The molecular formula is C14H23N3. The number of rotatable bonds is 3. The second-order valence-electron chi connectivity index (χ2n) is 5.63. The molecule has 0 amide bonds. The minimum Gasteiger partial charge on any atom is -0.370 e. The highest BCUT2D eigenvalue weighted by Crippen LogP contribution is 2.30. The van der Waals surface area contributed by atoms with Crippen molar-refractivity contribution in [2.45, 2.75) is 26.7 Å². The molecule has 2 rings (SSSR count). The molecule has 0 aliphatic carbocycles. The summed E-state index contributed by atoms with van der Waals surface area (Å²) in [4.78, 5) is 6.89. The van der Waals surface area contributed by atoms with Gasteiger partial charge >= 0.3 is 0 Å². The van der Waals surface area contributed by atoms with E-state index in [9.17, 15) is 0 Å². The molecule has 94 valence electrons. The lowest BCUT2D eigenvalue weighted by Gasteiger charge is -2.38. The van der Waals surface area contributed by atoms with Gasteiger partial charge in [0.05, 0.1) is 0 Å². The summed E-state index contributed by atoms with van der Waals surface area (Å²) in [6.45, 7) is 7.85. The normalized spacial score (nSPS) is 20.2. The van der Waals surface area contributed by atoms with Gasteiger partial charge in [-0.3, -0.25) is 0 Å². The summed E-state index contributed by atoms with van der Waals surface area (Å²) in [6, 6.07) is 6.13. The maximum Gasteiger partial charge on any atom is 0.126 e. The lowest BCUT2D eigenvalue weighted by molar-refractivity contribution is 0.150. The zero-order valence-corrected chi connectivity index (χ0v) is 11.2. The van der Waals surface area contributed by atoms with Gasteiger partial charge in [-0.1, -0.05) is 13.0 Å². The molecule has 1 aliphatic rings. The zero-order chi connectivity index (χ0) is 12.3. The molecule has 2 heterocycles. The molecule has 1 aromatic rings. The maximum absolute atomic E-state index is 4.48. The molecule has 17 heavy (non-hydrogen) atoms. The number of aryl methyl sites for hydroxylation is 1. The van der Waals surface area contributed by atoms with Crippen LogP contribution in [0.3, 0.4) is 0 Å². The van der Waals surface area contributed by atoms with Crippen LogP contribution in [0.1, 0.15) is 25.5 Å². The van der Waals surface area contributed by atoms with Crippen LogP contribution in [0.15, 0.2) is 18.2 Å². The van der Waals surface area contributed by atoms with Crippen molar-refractivity contribution >= 4 is 5.82 Å². The molecule has 0 atom stereocenters. The van der Waals surface area contributed by atoms with E-state index in [1.165, 1.54) is 25.9 Å². The molecule has 1 saturated heterocycles. The molecule has 0 unspecified atom stereocenters. The van der Waals surface area contributed by atoms with Gasteiger partial charge in [0, 0.05) is 12.2 Å². The number of likely N-dealkylation sites (tertiary alicyclic amines) is 1. The number of pyridine rings is 1. The number of nitrogens with zero attached hydrogens (tertiary/aromatic N) is 2. The predicted molar refractivity (Wildman–Crippen MR) is 72.3 cm³/mol. The summed E-state index contributed by atoms with van der Waals surface area (Å²) in [7, 11) is 2.20. The second kappa shape index (κ2) is 5.05. The van der Waals surface area contributed by atoms with E-state index < -0.39 is 0 Å². The minimum atomic E-state index is 0.415. The van der Waals surface area contributed by atoms with Crippen molar-refractivity contribution in [2.24, 2.45) is 5.41 Å². The Bertz CT molecular complexity index is 367. The van der Waals surface area contributed by atoms with Gasteiger partial charge in [-0.05, 0) is 57.5 Å². The van der Waals surface area contributed by atoms with Crippen molar-refractivity contribution in [2.75, 3.05) is 32.0 Å². The average molecular weight is 233 g/mol. The lowest BCUT2D eigenvalue weighted by atomic mass is 9.80. The Labute approximate surface area is 104 Å². The number of piperidine rings is 1. The predicted octanol–water partition coefficient (Wildman–Crippen LogP) is 2.53.